The first kappa shape index (κ1) is 14.4. The number of nitrogens with zero attached hydrogens (tertiary/aromatic N) is 2. The molecule has 104 valence electrons. The van der Waals surface area contributed by atoms with E-state index < -0.39 is 30.4 Å². The second-order valence-corrected chi connectivity index (χ2v) is 3.49. The van der Waals surface area contributed by atoms with Crippen LogP contribution in [0.2, 0.25) is 0 Å². The lowest BCUT2D eigenvalue weighted by Gasteiger charge is -2.12. The Morgan fingerprint density at radius 3 is 2.63 bits per heavy atom. The van der Waals surface area contributed by atoms with E-state index in [1.54, 1.807) is 0 Å². The van der Waals surface area contributed by atoms with Crippen LogP contribution < -0.4 is 10.6 Å². The van der Waals surface area contributed by atoms with Gasteiger partial charge in [0.1, 0.15) is 6.04 Å². The topological polar surface area (TPSA) is 155 Å². The maximum absolute atomic E-state index is 11.3. The SMILES string of the molecule is O=C(O)C[C@@H](NC(=O)NCCc1ncon1)C(=O)O. The Balaban J connectivity index is 2.32. The van der Waals surface area contributed by atoms with Gasteiger partial charge in [-0.15, -0.1) is 0 Å². The second kappa shape index (κ2) is 6.93. The maximum atomic E-state index is 11.3. The maximum Gasteiger partial charge on any atom is 0.326 e. The third-order valence-electron chi connectivity index (χ3n) is 2.02. The lowest BCUT2D eigenvalue weighted by atomic mass is 10.2. The molecule has 1 rings (SSSR count). The molecule has 0 unspecified atom stereocenters. The Labute approximate surface area is 106 Å². The molecule has 1 heterocycles. The van der Waals surface area contributed by atoms with E-state index in [2.05, 4.69) is 20.0 Å². The Morgan fingerprint density at radius 1 is 1.37 bits per heavy atom. The average molecular weight is 272 g/mol. The van der Waals surface area contributed by atoms with Gasteiger partial charge < -0.3 is 25.4 Å². The van der Waals surface area contributed by atoms with Gasteiger partial charge in [-0.25, -0.2) is 9.59 Å². The van der Waals surface area contributed by atoms with Gasteiger partial charge in [-0.05, 0) is 0 Å². The van der Waals surface area contributed by atoms with Crippen LogP contribution in [-0.2, 0) is 16.0 Å². The minimum Gasteiger partial charge on any atom is -0.481 e. The van der Waals surface area contributed by atoms with Crippen molar-refractivity contribution in [3.8, 4) is 0 Å². The summed E-state index contributed by atoms with van der Waals surface area (Å²) in [7, 11) is 0. The molecular formula is C9H12N4O6. The number of carbonyl (C=O) groups is 3. The van der Waals surface area contributed by atoms with Crippen LogP contribution in [0.3, 0.4) is 0 Å². The average Bonchev–Trinajstić information content (AvgIpc) is 2.80. The van der Waals surface area contributed by atoms with E-state index in [9.17, 15) is 14.4 Å². The zero-order chi connectivity index (χ0) is 14.3. The van der Waals surface area contributed by atoms with Crippen LogP contribution in [0, 0.1) is 0 Å². The fourth-order valence-corrected chi connectivity index (χ4v) is 1.17. The van der Waals surface area contributed by atoms with Crippen LogP contribution >= 0.6 is 0 Å². The van der Waals surface area contributed by atoms with Crippen molar-refractivity contribution in [1.82, 2.24) is 20.8 Å². The summed E-state index contributed by atoms with van der Waals surface area (Å²) in [6, 6.07) is -2.26. The van der Waals surface area contributed by atoms with Crippen LogP contribution in [0.15, 0.2) is 10.9 Å². The minimum absolute atomic E-state index is 0.158. The molecule has 0 bridgehead atoms. The predicted molar refractivity (Wildman–Crippen MR) is 58.2 cm³/mol. The normalized spacial score (nSPS) is 11.6. The molecule has 0 aliphatic rings. The molecule has 0 radical (unpaired) electrons. The van der Waals surface area contributed by atoms with Gasteiger partial charge in [-0.1, -0.05) is 5.16 Å². The van der Waals surface area contributed by atoms with E-state index >= 15 is 0 Å². The fraction of sp³-hybridized carbons (Fsp3) is 0.444. The number of hydrogen-bond acceptors (Lipinski definition) is 6. The monoisotopic (exact) mass is 272 g/mol. The summed E-state index contributed by atoms with van der Waals surface area (Å²) in [5.74, 6) is -2.35. The lowest BCUT2D eigenvalue weighted by molar-refractivity contribution is -0.145. The number of aliphatic carboxylic acids is 2. The Hall–Kier alpha value is -2.65. The van der Waals surface area contributed by atoms with E-state index in [0.29, 0.717) is 12.2 Å². The van der Waals surface area contributed by atoms with E-state index in [-0.39, 0.29) is 6.54 Å². The molecule has 1 aromatic rings. The first-order valence-electron chi connectivity index (χ1n) is 5.23. The van der Waals surface area contributed by atoms with Crippen molar-refractivity contribution in [1.29, 1.82) is 0 Å². The van der Waals surface area contributed by atoms with Gasteiger partial charge in [0.25, 0.3) is 0 Å². The van der Waals surface area contributed by atoms with Crippen LogP contribution in [-0.4, -0.2) is 50.9 Å². The number of nitrogens with one attached hydrogen (secondary N) is 2. The summed E-state index contributed by atoms with van der Waals surface area (Å²) in [5.41, 5.74) is 0. The quantitative estimate of drug-likeness (QED) is 0.484. The molecule has 0 spiro atoms. The molecule has 0 aliphatic heterocycles. The summed E-state index contributed by atoms with van der Waals surface area (Å²) >= 11 is 0. The van der Waals surface area contributed by atoms with Gasteiger partial charge >= 0.3 is 18.0 Å². The summed E-state index contributed by atoms with van der Waals surface area (Å²) in [6.07, 6.45) is 0.747. The van der Waals surface area contributed by atoms with Crippen molar-refractivity contribution >= 4 is 18.0 Å². The molecule has 0 aromatic carbocycles. The van der Waals surface area contributed by atoms with Crippen LogP contribution in [0.4, 0.5) is 4.79 Å². The molecule has 0 saturated heterocycles. The van der Waals surface area contributed by atoms with E-state index in [4.69, 9.17) is 10.2 Å². The highest BCUT2D eigenvalue weighted by Gasteiger charge is 2.22. The van der Waals surface area contributed by atoms with E-state index in [0.717, 1.165) is 6.39 Å². The molecule has 0 saturated carbocycles. The first-order chi connectivity index (χ1) is 8.99. The molecule has 2 amide bonds. The summed E-state index contributed by atoms with van der Waals surface area (Å²) in [6.45, 7) is 0.158. The number of amides is 2. The number of carboxylic acids is 2. The second-order valence-electron chi connectivity index (χ2n) is 3.49. The minimum atomic E-state index is -1.48. The van der Waals surface area contributed by atoms with Gasteiger partial charge in [-0.3, -0.25) is 4.79 Å². The number of carboxylic acid groups (broad SMARTS) is 2. The zero-order valence-electron chi connectivity index (χ0n) is 9.70. The Kier molecular flexibility index (Phi) is 5.26. The van der Waals surface area contributed by atoms with Crippen molar-refractivity contribution in [3.05, 3.63) is 12.2 Å². The van der Waals surface area contributed by atoms with Gasteiger partial charge in [0.05, 0.1) is 6.42 Å². The Bertz CT molecular complexity index is 446. The number of rotatable bonds is 7. The number of aromatic nitrogens is 2. The largest absolute Gasteiger partial charge is 0.481 e. The molecule has 1 atom stereocenters. The molecule has 0 aliphatic carbocycles. The summed E-state index contributed by atoms with van der Waals surface area (Å²) in [4.78, 5) is 36.1. The lowest BCUT2D eigenvalue weighted by Crippen LogP contribution is -2.47. The molecule has 0 fully saturated rings. The molecule has 10 nitrogen and oxygen atoms in total. The highest BCUT2D eigenvalue weighted by Crippen LogP contribution is 1.93. The third-order valence-corrected chi connectivity index (χ3v) is 2.02. The fourth-order valence-electron chi connectivity index (χ4n) is 1.17. The van der Waals surface area contributed by atoms with Crippen molar-refractivity contribution in [2.24, 2.45) is 0 Å². The standard InChI is InChI=1S/C9H12N4O6/c14-7(15)3-5(8(16)17)12-9(18)10-2-1-6-11-4-19-13-6/h4-5H,1-3H2,(H,14,15)(H,16,17)(H2,10,12,18)/t5-/m1/s1. The smallest absolute Gasteiger partial charge is 0.326 e. The van der Waals surface area contributed by atoms with Crippen LogP contribution in [0.1, 0.15) is 12.2 Å². The molecular weight excluding hydrogens is 260 g/mol. The van der Waals surface area contributed by atoms with Gasteiger partial charge in [0.2, 0.25) is 6.39 Å². The predicted octanol–water partition coefficient (Wildman–Crippen LogP) is -1.16. The van der Waals surface area contributed by atoms with Crippen LogP contribution in [0.5, 0.6) is 0 Å². The van der Waals surface area contributed by atoms with E-state index in [1.165, 1.54) is 0 Å². The number of carbonyl (C=O) groups excluding carboxylic acids is 1. The summed E-state index contributed by atoms with van der Waals surface area (Å²) < 4.78 is 4.48. The van der Waals surface area contributed by atoms with Crippen LogP contribution in [0.25, 0.3) is 0 Å². The summed E-state index contributed by atoms with van der Waals surface area (Å²) in [5, 5.41) is 25.1. The first-order valence-corrected chi connectivity index (χ1v) is 5.23. The van der Waals surface area contributed by atoms with Gasteiger partial charge in [0.15, 0.2) is 5.82 Å². The number of hydrogen-bond donors (Lipinski definition) is 4. The third kappa shape index (κ3) is 5.48. The van der Waals surface area contributed by atoms with Crippen molar-refractivity contribution in [2.45, 2.75) is 18.9 Å². The van der Waals surface area contributed by atoms with Gasteiger partial charge in [0, 0.05) is 13.0 Å². The van der Waals surface area contributed by atoms with Crippen molar-refractivity contribution in [3.63, 3.8) is 0 Å². The zero-order valence-corrected chi connectivity index (χ0v) is 9.70. The van der Waals surface area contributed by atoms with E-state index in [1.807, 2.05) is 5.32 Å². The highest BCUT2D eigenvalue weighted by atomic mass is 16.5. The van der Waals surface area contributed by atoms with Gasteiger partial charge in [-0.2, -0.15) is 4.98 Å². The van der Waals surface area contributed by atoms with Crippen molar-refractivity contribution < 1.29 is 29.1 Å². The molecule has 19 heavy (non-hydrogen) atoms. The molecule has 4 N–H and O–H groups in total. The molecule has 1 aromatic heterocycles. The molecule has 10 heteroatoms. The van der Waals surface area contributed by atoms with Crippen molar-refractivity contribution in [2.75, 3.05) is 6.54 Å². The Morgan fingerprint density at radius 2 is 2.11 bits per heavy atom. The highest BCUT2D eigenvalue weighted by molar-refractivity contribution is 5.86. The number of urea groups is 1.